The van der Waals surface area contributed by atoms with Crippen LogP contribution in [-0.4, -0.2) is 26.6 Å². The Labute approximate surface area is 112 Å². The summed E-state index contributed by atoms with van der Waals surface area (Å²) in [5.74, 6) is 2.86. The fourth-order valence-corrected chi connectivity index (χ4v) is 1.83. The van der Waals surface area contributed by atoms with E-state index in [1.54, 1.807) is 0 Å². The molecule has 0 unspecified atom stereocenters. The average molecular weight is 345 g/mol. The maximum atomic E-state index is 13.6. The van der Waals surface area contributed by atoms with E-state index in [4.69, 9.17) is 10.6 Å². The lowest BCUT2D eigenvalue weighted by Crippen LogP contribution is -2.37. The minimum absolute atomic E-state index is 0.0462. The fraction of sp³-hybridized carbons (Fsp3) is 0.333. The van der Waals surface area contributed by atoms with Crippen molar-refractivity contribution in [3.05, 3.63) is 23.8 Å². The Kier molecular flexibility index (Phi) is 4.88. The van der Waals surface area contributed by atoms with E-state index in [0.29, 0.717) is 5.33 Å². The number of nitrogens with zero attached hydrogens (tertiary/aromatic N) is 1. The monoisotopic (exact) mass is 344 g/mol. The lowest BCUT2D eigenvalue weighted by molar-refractivity contribution is 0.340. The summed E-state index contributed by atoms with van der Waals surface area (Å²) in [5, 5.41) is 0.490. The summed E-state index contributed by atoms with van der Waals surface area (Å²) in [6, 6.07) is 1.73. The first-order chi connectivity index (χ1) is 8.27. The van der Waals surface area contributed by atoms with Crippen molar-refractivity contribution in [2.24, 2.45) is 5.84 Å². The van der Waals surface area contributed by atoms with Gasteiger partial charge in [0.25, 0.3) is 0 Å². The highest BCUT2D eigenvalue weighted by Crippen LogP contribution is 2.27. The first-order valence-corrected chi connectivity index (χ1v) is 7.67. The van der Waals surface area contributed by atoms with Gasteiger partial charge in [-0.05, 0) is 0 Å². The van der Waals surface area contributed by atoms with E-state index < -0.39 is 27.3 Å². The van der Waals surface area contributed by atoms with Crippen LogP contribution < -0.4 is 15.0 Å². The van der Waals surface area contributed by atoms with Gasteiger partial charge in [-0.3, -0.25) is 0 Å². The Morgan fingerprint density at radius 1 is 1.39 bits per heavy atom. The molecule has 18 heavy (non-hydrogen) atoms. The molecule has 9 heteroatoms. The maximum Gasteiger partial charge on any atom is 0.245 e. The van der Waals surface area contributed by atoms with Gasteiger partial charge in [0.1, 0.15) is 11.4 Å². The lowest BCUT2D eigenvalue weighted by Gasteiger charge is -2.18. The number of hydrogen-bond acceptors (Lipinski definition) is 4. The van der Waals surface area contributed by atoms with Crippen LogP contribution in [0.2, 0.25) is 0 Å². The molecule has 5 nitrogen and oxygen atoms in total. The van der Waals surface area contributed by atoms with Gasteiger partial charge >= 0.3 is 0 Å². The number of ether oxygens (including phenoxy) is 1. The van der Waals surface area contributed by atoms with Gasteiger partial charge < -0.3 is 4.74 Å². The molecular weight excluding hydrogens is 334 g/mol. The Morgan fingerprint density at radius 3 is 2.28 bits per heavy atom. The van der Waals surface area contributed by atoms with Crippen LogP contribution in [0.4, 0.5) is 14.5 Å². The van der Waals surface area contributed by atoms with Gasteiger partial charge in [-0.2, -0.15) is 4.41 Å². The Bertz CT molecular complexity index is 516. The average Bonchev–Trinajstić information content (AvgIpc) is 2.24. The van der Waals surface area contributed by atoms with E-state index >= 15 is 0 Å². The standard InChI is InChI=1S/C9H11BrF2N2O3S/c1-18(15,16)14(13)9-7(11)4-6(5-8(9)12)17-3-2-10/h4-5H,2-3,13H2,1H3. The summed E-state index contributed by atoms with van der Waals surface area (Å²) in [6.07, 6.45) is 0.737. The summed E-state index contributed by atoms with van der Waals surface area (Å²) < 4.78 is 54.5. The Morgan fingerprint density at radius 2 is 1.89 bits per heavy atom. The number of hydrazine groups is 1. The minimum Gasteiger partial charge on any atom is -0.493 e. The van der Waals surface area contributed by atoms with Crippen LogP contribution in [0.5, 0.6) is 5.75 Å². The molecule has 0 aromatic heterocycles. The highest BCUT2D eigenvalue weighted by Gasteiger charge is 2.22. The van der Waals surface area contributed by atoms with Crippen molar-refractivity contribution in [3.63, 3.8) is 0 Å². The third-order valence-corrected chi connectivity index (χ3v) is 3.13. The number of sulfonamides is 1. The predicted molar refractivity (Wildman–Crippen MR) is 67.2 cm³/mol. The number of anilines is 1. The largest absolute Gasteiger partial charge is 0.493 e. The molecule has 1 aromatic carbocycles. The summed E-state index contributed by atoms with van der Waals surface area (Å²) in [5.41, 5.74) is -0.844. The maximum absolute atomic E-state index is 13.6. The normalized spacial score (nSPS) is 11.4. The van der Waals surface area contributed by atoms with Gasteiger partial charge in [0.2, 0.25) is 10.0 Å². The molecule has 0 atom stereocenters. The van der Waals surface area contributed by atoms with E-state index in [9.17, 15) is 17.2 Å². The molecule has 102 valence electrons. The van der Waals surface area contributed by atoms with Crippen molar-refractivity contribution in [1.82, 2.24) is 0 Å². The van der Waals surface area contributed by atoms with E-state index in [-0.39, 0.29) is 16.8 Å². The zero-order chi connectivity index (χ0) is 13.9. The number of halogens is 3. The zero-order valence-corrected chi connectivity index (χ0v) is 11.8. The van der Waals surface area contributed by atoms with Crippen LogP contribution in [0.1, 0.15) is 0 Å². The Balaban J connectivity index is 3.16. The number of benzene rings is 1. The summed E-state index contributed by atoms with van der Waals surface area (Å²) in [6.45, 7) is 0.219. The van der Waals surface area contributed by atoms with Gasteiger partial charge in [-0.15, -0.1) is 0 Å². The van der Waals surface area contributed by atoms with Crippen molar-refractivity contribution < 1.29 is 21.9 Å². The van der Waals surface area contributed by atoms with Crippen molar-refractivity contribution in [1.29, 1.82) is 0 Å². The van der Waals surface area contributed by atoms with E-state index in [2.05, 4.69) is 15.9 Å². The molecule has 0 aliphatic rings. The van der Waals surface area contributed by atoms with Crippen LogP contribution in [0.25, 0.3) is 0 Å². The second-order valence-corrected chi connectivity index (χ2v) is 5.98. The highest BCUT2D eigenvalue weighted by molar-refractivity contribution is 9.09. The van der Waals surface area contributed by atoms with Crippen molar-refractivity contribution >= 4 is 31.6 Å². The predicted octanol–water partition coefficient (Wildman–Crippen LogP) is 1.38. The SMILES string of the molecule is CS(=O)(=O)N(N)c1c(F)cc(OCCBr)cc1F. The first-order valence-electron chi connectivity index (χ1n) is 4.70. The van der Waals surface area contributed by atoms with Gasteiger partial charge in [0.15, 0.2) is 11.6 Å². The summed E-state index contributed by atoms with van der Waals surface area (Å²) in [7, 11) is -3.95. The number of rotatable bonds is 5. The molecule has 0 aliphatic heterocycles. The molecular formula is C9H11BrF2N2O3S. The molecule has 0 fully saturated rings. The minimum atomic E-state index is -3.95. The van der Waals surface area contributed by atoms with E-state index in [1.165, 1.54) is 0 Å². The molecule has 0 saturated carbocycles. The molecule has 2 N–H and O–H groups in total. The second kappa shape index (κ2) is 5.81. The van der Waals surface area contributed by atoms with E-state index in [1.807, 2.05) is 0 Å². The fourth-order valence-electron chi connectivity index (χ4n) is 1.16. The summed E-state index contributed by atoms with van der Waals surface area (Å²) in [4.78, 5) is 0. The van der Waals surface area contributed by atoms with Crippen LogP contribution in [0.15, 0.2) is 12.1 Å². The molecule has 1 rings (SSSR count). The lowest BCUT2D eigenvalue weighted by atomic mass is 10.3. The second-order valence-electron chi connectivity index (χ2n) is 3.33. The van der Waals surface area contributed by atoms with Crippen LogP contribution >= 0.6 is 15.9 Å². The van der Waals surface area contributed by atoms with Crippen LogP contribution in [0.3, 0.4) is 0 Å². The van der Waals surface area contributed by atoms with Gasteiger partial charge in [-0.1, -0.05) is 15.9 Å². The quantitative estimate of drug-likeness (QED) is 0.497. The number of hydrogen-bond donors (Lipinski definition) is 1. The van der Waals surface area contributed by atoms with Crippen LogP contribution in [0, 0.1) is 11.6 Å². The molecule has 0 amide bonds. The third kappa shape index (κ3) is 3.53. The van der Waals surface area contributed by atoms with Gasteiger partial charge in [0.05, 0.1) is 12.9 Å². The molecule has 0 saturated heterocycles. The highest BCUT2D eigenvalue weighted by atomic mass is 79.9. The van der Waals surface area contributed by atoms with Gasteiger partial charge in [0, 0.05) is 17.5 Å². The number of alkyl halides is 1. The first kappa shape index (κ1) is 15.1. The zero-order valence-electron chi connectivity index (χ0n) is 9.36. The topological polar surface area (TPSA) is 72.6 Å². The van der Waals surface area contributed by atoms with Crippen molar-refractivity contribution in [2.75, 3.05) is 22.6 Å². The molecule has 0 radical (unpaired) electrons. The van der Waals surface area contributed by atoms with Crippen molar-refractivity contribution in [3.8, 4) is 5.75 Å². The molecule has 0 bridgehead atoms. The molecule has 0 heterocycles. The third-order valence-electron chi connectivity index (χ3n) is 1.91. The molecule has 0 aliphatic carbocycles. The smallest absolute Gasteiger partial charge is 0.245 e. The van der Waals surface area contributed by atoms with Crippen LogP contribution in [-0.2, 0) is 10.0 Å². The Hall–Kier alpha value is -0.930. The molecule has 0 spiro atoms. The number of nitrogens with two attached hydrogens (primary N) is 1. The summed E-state index contributed by atoms with van der Waals surface area (Å²) >= 11 is 3.09. The van der Waals surface area contributed by atoms with Gasteiger partial charge in [-0.25, -0.2) is 23.0 Å². The van der Waals surface area contributed by atoms with Crippen molar-refractivity contribution in [2.45, 2.75) is 0 Å². The van der Waals surface area contributed by atoms with E-state index in [0.717, 1.165) is 18.4 Å². The molecule has 1 aromatic rings.